The van der Waals surface area contributed by atoms with Gasteiger partial charge in [-0.1, -0.05) is 32.0 Å². The van der Waals surface area contributed by atoms with E-state index in [1.54, 1.807) is 23.1 Å². The van der Waals surface area contributed by atoms with Crippen LogP contribution in [-0.4, -0.2) is 39.8 Å². The first-order valence-electron chi connectivity index (χ1n) is 10.6. The van der Waals surface area contributed by atoms with Crippen molar-refractivity contribution in [3.8, 4) is 0 Å². The van der Waals surface area contributed by atoms with Crippen molar-refractivity contribution in [2.24, 2.45) is 5.92 Å². The van der Waals surface area contributed by atoms with Gasteiger partial charge >= 0.3 is 0 Å². The van der Waals surface area contributed by atoms with Crippen LogP contribution in [0, 0.1) is 18.7 Å². The molecule has 30 heavy (non-hydrogen) atoms. The van der Waals surface area contributed by atoms with E-state index < -0.39 is 0 Å². The Hall–Kier alpha value is -2.83. The molecular weight excluding hydrogens is 383 g/mol. The van der Waals surface area contributed by atoms with Gasteiger partial charge in [-0.3, -0.25) is 14.5 Å². The number of amides is 2. The molecule has 2 aliphatic rings. The summed E-state index contributed by atoms with van der Waals surface area (Å²) < 4.78 is 14.0. The number of aromatic nitrogens is 2. The molecule has 3 heterocycles. The number of rotatable bonds is 5. The SMILES string of the molecule is Cc1nc([C@H]2CCCN2C(=O)C(C)C)nc2c1CC(=O)N2CCc1ccccc1F. The van der Waals surface area contributed by atoms with Gasteiger partial charge in [0.05, 0.1) is 12.5 Å². The average Bonchev–Trinajstić information content (AvgIpc) is 3.31. The minimum absolute atomic E-state index is 0.0441. The molecule has 6 nitrogen and oxygen atoms in total. The molecule has 0 aliphatic carbocycles. The molecule has 0 saturated carbocycles. The minimum atomic E-state index is -0.266. The number of fused-ring (bicyclic) bond motifs is 1. The van der Waals surface area contributed by atoms with Crippen molar-refractivity contribution < 1.29 is 14.0 Å². The van der Waals surface area contributed by atoms with Crippen molar-refractivity contribution in [1.82, 2.24) is 14.9 Å². The molecular formula is C23H27FN4O2. The second kappa shape index (κ2) is 8.13. The zero-order valence-electron chi connectivity index (χ0n) is 17.7. The summed E-state index contributed by atoms with van der Waals surface area (Å²) >= 11 is 0. The first-order valence-corrected chi connectivity index (χ1v) is 10.6. The number of likely N-dealkylation sites (tertiary alicyclic amines) is 1. The Labute approximate surface area is 176 Å². The number of hydrogen-bond acceptors (Lipinski definition) is 4. The molecule has 7 heteroatoms. The van der Waals surface area contributed by atoms with E-state index >= 15 is 0 Å². The highest BCUT2D eigenvalue weighted by atomic mass is 19.1. The highest BCUT2D eigenvalue weighted by Gasteiger charge is 2.36. The normalized spacial score (nSPS) is 18.4. The molecule has 0 bridgehead atoms. The largest absolute Gasteiger partial charge is 0.332 e. The summed E-state index contributed by atoms with van der Waals surface area (Å²) in [5.74, 6) is 0.924. The van der Waals surface area contributed by atoms with Gasteiger partial charge in [0.2, 0.25) is 11.8 Å². The van der Waals surface area contributed by atoms with Crippen LogP contribution < -0.4 is 4.90 Å². The second-order valence-corrected chi connectivity index (χ2v) is 8.38. The lowest BCUT2D eigenvalue weighted by atomic mass is 10.1. The number of hydrogen-bond donors (Lipinski definition) is 0. The summed E-state index contributed by atoms with van der Waals surface area (Å²) in [6, 6.07) is 6.46. The topological polar surface area (TPSA) is 66.4 Å². The molecule has 0 unspecified atom stereocenters. The van der Waals surface area contributed by atoms with Crippen LogP contribution in [0.2, 0.25) is 0 Å². The summed E-state index contributed by atoms with van der Waals surface area (Å²) in [6.07, 6.45) is 2.41. The summed E-state index contributed by atoms with van der Waals surface area (Å²) in [4.78, 5) is 38.3. The summed E-state index contributed by atoms with van der Waals surface area (Å²) in [5.41, 5.74) is 2.19. The number of aryl methyl sites for hydroxylation is 1. The van der Waals surface area contributed by atoms with Gasteiger partial charge in [-0.05, 0) is 37.8 Å². The lowest BCUT2D eigenvalue weighted by Gasteiger charge is -2.26. The van der Waals surface area contributed by atoms with E-state index in [2.05, 4.69) is 4.98 Å². The predicted molar refractivity (Wildman–Crippen MR) is 111 cm³/mol. The quantitative estimate of drug-likeness (QED) is 0.758. The van der Waals surface area contributed by atoms with Crippen LogP contribution >= 0.6 is 0 Å². The van der Waals surface area contributed by atoms with E-state index in [-0.39, 0.29) is 36.0 Å². The van der Waals surface area contributed by atoms with Gasteiger partial charge in [-0.2, -0.15) is 0 Å². The maximum Gasteiger partial charge on any atom is 0.232 e. The number of carbonyl (C=O) groups excluding carboxylic acids is 2. The fraction of sp³-hybridized carbons (Fsp3) is 0.478. The lowest BCUT2D eigenvalue weighted by Crippen LogP contribution is -2.35. The fourth-order valence-corrected chi connectivity index (χ4v) is 4.34. The number of anilines is 1. The predicted octanol–water partition coefficient (Wildman–Crippen LogP) is 3.38. The van der Waals surface area contributed by atoms with Gasteiger partial charge in [0.25, 0.3) is 0 Å². The van der Waals surface area contributed by atoms with Crippen LogP contribution in [0.4, 0.5) is 10.2 Å². The molecule has 0 N–H and O–H groups in total. The monoisotopic (exact) mass is 410 g/mol. The molecule has 0 radical (unpaired) electrons. The zero-order valence-corrected chi connectivity index (χ0v) is 17.7. The van der Waals surface area contributed by atoms with Crippen molar-refractivity contribution >= 4 is 17.6 Å². The molecule has 2 aliphatic heterocycles. The van der Waals surface area contributed by atoms with Crippen molar-refractivity contribution in [1.29, 1.82) is 0 Å². The third-order valence-corrected chi connectivity index (χ3v) is 5.98. The van der Waals surface area contributed by atoms with Crippen LogP contribution in [0.5, 0.6) is 0 Å². The summed E-state index contributed by atoms with van der Waals surface area (Å²) in [5, 5.41) is 0. The van der Waals surface area contributed by atoms with Gasteiger partial charge in [0.15, 0.2) is 5.82 Å². The van der Waals surface area contributed by atoms with Gasteiger partial charge in [0.1, 0.15) is 11.6 Å². The maximum atomic E-state index is 14.0. The van der Waals surface area contributed by atoms with Gasteiger partial charge < -0.3 is 4.90 Å². The second-order valence-electron chi connectivity index (χ2n) is 8.38. The van der Waals surface area contributed by atoms with Crippen LogP contribution in [0.25, 0.3) is 0 Å². The van der Waals surface area contributed by atoms with Crippen molar-refractivity contribution in [3.05, 3.63) is 52.7 Å². The Kier molecular flexibility index (Phi) is 5.54. The molecule has 1 fully saturated rings. The highest BCUT2D eigenvalue weighted by Crippen LogP contribution is 2.35. The van der Waals surface area contributed by atoms with Crippen LogP contribution in [0.1, 0.15) is 55.4 Å². The number of carbonyl (C=O) groups is 2. The maximum absolute atomic E-state index is 14.0. The zero-order chi connectivity index (χ0) is 21.4. The van der Waals surface area contributed by atoms with Gasteiger partial charge in [-0.25, -0.2) is 14.4 Å². The Bertz CT molecular complexity index is 991. The third-order valence-electron chi connectivity index (χ3n) is 5.98. The molecule has 1 aromatic heterocycles. The van der Waals surface area contributed by atoms with Crippen LogP contribution in [-0.2, 0) is 22.4 Å². The van der Waals surface area contributed by atoms with Crippen molar-refractivity contribution in [2.75, 3.05) is 18.0 Å². The van der Waals surface area contributed by atoms with E-state index in [0.717, 1.165) is 24.1 Å². The molecule has 1 saturated heterocycles. The van der Waals surface area contributed by atoms with Crippen molar-refractivity contribution in [2.45, 2.75) is 52.5 Å². The lowest BCUT2D eigenvalue weighted by molar-refractivity contribution is -0.135. The molecule has 2 aromatic rings. The third kappa shape index (κ3) is 3.68. The van der Waals surface area contributed by atoms with Crippen LogP contribution in [0.15, 0.2) is 24.3 Å². The van der Waals surface area contributed by atoms with Crippen LogP contribution in [0.3, 0.4) is 0 Å². The Morgan fingerprint density at radius 1 is 1.27 bits per heavy atom. The summed E-state index contributed by atoms with van der Waals surface area (Å²) in [7, 11) is 0. The van der Waals surface area contributed by atoms with E-state index in [9.17, 15) is 14.0 Å². The molecule has 2 amide bonds. The standard InChI is InChI=1S/C23H27FN4O2/c1-14(2)23(30)27-11-6-9-19(27)21-25-15(3)17-13-20(29)28(22(17)26-21)12-10-16-7-4-5-8-18(16)24/h4-5,7-8,14,19H,6,9-13H2,1-3H3/t19-/m1/s1. The summed E-state index contributed by atoms with van der Waals surface area (Å²) in [6.45, 7) is 6.76. The minimum Gasteiger partial charge on any atom is -0.332 e. The highest BCUT2D eigenvalue weighted by molar-refractivity contribution is 6.00. The van der Waals surface area contributed by atoms with E-state index in [0.29, 0.717) is 36.7 Å². The van der Waals surface area contributed by atoms with Gasteiger partial charge in [-0.15, -0.1) is 0 Å². The smallest absolute Gasteiger partial charge is 0.232 e. The number of benzene rings is 1. The van der Waals surface area contributed by atoms with E-state index in [1.165, 1.54) is 6.07 Å². The molecule has 1 aromatic carbocycles. The molecule has 1 atom stereocenters. The Morgan fingerprint density at radius 2 is 2.03 bits per heavy atom. The first kappa shape index (κ1) is 20.4. The van der Waals surface area contributed by atoms with Crippen molar-refractivity contribution in [3.63, 3.8) is 0 Å². The average molecular weight is 410 g/mol. The molecule has 4 rings (SSSR count). The first-order chi connectivity index (χ1) is 14.4. The number of nitrogens with zero attached hydrogens (tertiary/aromatic N) is 4. The van der Waals surface area contributed by atoms with Gasteiger partial charge in [0, 0.05) is 30.3 Å². The Balaban J connectivity index is 1.62. The van der Waals surface area contributed by atoms with E-state index in [1.807, 2.05) is 25.7 Å². The molecule has 0 spiro atoms. The number of halogens is 1. The van der Waals surface area contributed by atoms with E-state index in [4.69, 9.17) is 4.98 Å². The Morgan fingerprint density at radius 3 is 2.77 bits per heavy atom. The fourth-order valence-electron chi connectivity index (χ4n) is 4.34. The molecule has 158 valence electrons.